The lowest BCUT2D eigenvalue weighted by atomic mass is 10.2. The lowest BCUT2D eigenvalue weighted by Gasteiger charge is -2.14. The Balaban J connectivity index is 2.63. The molecule has 0 atom stereocenters. The van der Waals surface area contributed by atoms with Gasteiger partial charge < -0.3 is 15.4 Å². The van der Waals surface area contributed by atoms with Crippen LogP contribution in [0.1, 0.15) is 17.3 Å². The van der Waals surface area contributed by atoms with Gasteiger partial charge in [-0.05, 0) is 25.1 Å². The molecule has 18 heavy (non-hydrogen) atoms. The van der Waals surface area contributed by atoms with Gasteiger partial charge in [0.15, 0.2) is 6.61 Å². The van der Waals surface area contributed by atoms with E-state index in [1.807, 2.05) is 6.92 Å². The highest BCUT2D eigenvalue weighted by Gasteiger charge is 2.13. The molecule has 1 aromatic rings. The van der Waals surface area contributed by atoms with E-state index in [0.717, 1.165) is 0 Å². The summed E-state index contributed by atoms with van der Waals surface area (Å²) in [6, 6.07) is 4.76. The van der Waals surface area contributed by atoms with Crippen molar-refractivity contribution in [2.45, 2.75) is 6.92 Å². The Labute approximate surface area is 114 Å². The quantitative estimate of drug-likeness (QED) is 0.677. The van der Waals surface area contributed by atoms with Crippen LogP contribution in [0.4, 0.5) is 5.69 Å². The van der Waals surface area contributed by atoms with Gasteiger partial charge in [-0.2, -0.15) is 0 Å². The van der Waals surface area contributed by atoms with Gasteiger partial charge >= 0.3 is 5.97 Å². The van der Waals surface area contributed by atoms with E-state index in [1.165, 1.54) is 11.0 Å². The number of carbonyl (C=O) groups excluding carboxylic acids is 2. The van der Waals surface area contributed by atoms with Crippen molar-refractivity contribution in [3.05, 3.63) is 28.2 Å². The maximum absolute atomic E-state index is 11.7. The molecule has 0 aliphatic carbocycles. The number of hydrogen-bond acceptors (Lipinski definition) is 4. The van der Waals surface area contributed by atoms with Crippen molar-refractivity contribution in [2.75, 3.05) is 25.9 Å². The molecule has 1 amide bonds. The molecule has 0 unspecified atom stereocenters. The molecule has 0 aromatic heterocycles. The van der Waals surface area contributed by atoms with Gasteiger partial charge in [0.25, 0.3) is 5.91 Å². The van der Waals surface area contributed by atoms with Crippen LogP contribution < -0.4 is 5.73 Å². The van der Waals surface area contributed by atoms with Crippen LogP contribution in [0, 0.1) is 0 Å². The number of halogens is 1. The molecule has 0 aliphatic heterocycles. The van der Waals surface area contributed by atoms with Crippen LogP contribution in [0.2, 0.25) is 0 Å². The smallest absolute Gasteiger partial charge is 0.338 e. The summed E-state index contributed by atoms with van der Waals surface area (Å²) in [7, 11) is 1.65. The maximum Gasteiger partial charge on any atom is 0.338 e. The van der Waals surface area contributed by atoms with E-state index in [2.05, 4.69) is 15.9 Å². The number of amides is 1. The van der Waals surface area contributed by atoms with Gasteiger partial charge in [0.05, 0.1) is 5.56 Å². The highest BCUT2D eigenvalue weighted by atomic mass is 79.9. The number of rotatable bonds is 4. The third-order valence-electron chi connectivity index (χ3n) is 2.38. The van der Waals surface area contributed by atoms with Gasteiger partial charge in [0, 0.05) is 23.8 Å². The fraction of sp³-hybridized carbons (Fsp3) is 0.333. The van der Waals surface area contributed by atoms with Crippen molar-refractivity contribution in [3.63, 3.8) is 0 Å². The predicted octanol–water partition coefficient (Wildman–Crippen LogP) is 1.67. The van der Waals surface area contributed by atoms with Gasteiger partial charge in [-0.1, -0.05) is 15.9 Å². The van der Waals surface area contributed by atoms with Crippen molar-refractivity contribution in [2.24, 2.45) is 0 Å². The summed E-state index contributed by atoms with van der Waals surface area (Å²) in [5.41, 5.74) is 6.38. The van der Waals surface area contributed by atoms with E-state index < -0.39 is 5.97 Å². The first-order chi connectivity index (χ1) is 8.43. The fourth-order valence-corrected chi connectivity index (χ4v) is 1.74. The van der Waals surface area contributed by atoms with Crippen LogP contribution >= 0.6 is 15.9 Å². The van der Waals surface area contributed by atoms with Crippen molar-refractivity contribution in [1.82, 2.24) is 4.90 Å². The summed E-state index contributed by atoms with van der Waals surface area (Å²) in [6.45, 7) is 2.14. The molecule has 0 saturated heterocycles. The summed E-state index contributed by atoms with van der Waals surface area (Å²) in [6.07, 6.45) is 0. The highest BCUT2D eigenvalue weighted by molar-refractivity contribution is 9.10. The standard InChI is InChI=1S/C12H15BrN2O3/c1-3-15(2)11(16)7-18-12(17)8-4-9(13)6-10(14)5-8/h4-6H,3,7,14H2,1-2H3. The Kier molecular flexibility index (Phi) is 5.15. The molecule has 6 heteroatoms. The normalized spacial score (nSPS) is 9.94. The number of likely N-dealkylation sites (N-methyl/N-ethyl adjacent to an activating group) is 1. The Bertz CT molecular complexity index is 442. The lowest BCUT2D eigenvalue weighted by molar-refractivity contribution is -0.133. The minimum Gasteiger partial charge on any atom is -0.452 e. The van der Waals surface area contributed by atoms with Crippen LogP contribution in [-0.4, -0.2) is 37.0 Å². The molecule has 98 valence electrons. The third-order valence-corrected chi connectivity index (χ3v) is 2.84. The number of ether oxygens (including phenoxy) is 1. The number of carbonyl (C=O) groups is 2. The molecule has 0 saturated carbocycles. The number of nitrogens with zero attached hydrogens (tertiary/aromatic N) is 1. The zero-order chi connectivity index (χ0) is 13.7. The average Bonchev–Trinajstić information content (AvgIpc) is 2.33. The monoisotopic (exact) mass is 314 g/mol. The van der Waals surface area contributed by atoms with Gasteiger partial charge in [-0.3, -0.25) is 4.79 Å². The van der Waals surface area contributed by atoms with Crippen molar-refractivity contribution in [3.8, 4) is 0 Å². The largest absolute Gasteiger partial charge is 0.452 e. The lowest BCUT2D eigenvalue weighted by Crippen LogP contribution is -2.30. The van der Waals surface area contributed by atoms with Crippen LogP contribution in [0.25, 0.3) is 0 Å². The van der Waals surface area contributed by atoms with Gasteiger partial charge in [0.2, 0.25) is 0 Å². The molecule has 0 fully saturated rings. The minimum atomic E-state index is -0.569. The number of esters is 1. The van der Waals surface area contributed by atoms with Gasteiger partial charge in [-0.25, -0.2) is 4.79 Å². The molecule has 1 rings (SSSR count). The van der Waals surface area contributed by atoms with E-state index in [0.29, 0.717) is 22.3 Å². The van der Waals surface area contributed by atoms with E-state index in [4.69, 9.17) is 10.5 Å². The first-order valence-corrected chi connectivity index (χ1v) is 6.20. The van der Waals surface area contributed by atoms with Gasteiger partial charge in [0.1, 0.15) is 0 Å². The number of benzene rings is 1. The second-order valence-electron chi connectivity index (χ2n) is 3.76. The predicted molar refractivity (Wildman–Crippen MR) is 72.1 cm³/mol. The third kappa shape index (κ3) is 4.03. The van der Waals surface area contributed by atoms with Crippen LogP contribution in [-0.2, 0) is 9.53 Å². The highest BCUT2D eigenvalue weighted by Crippen LogP contribution is 2.17. The molecule has 0 radical (unpaired) electrons. The summed E-state index contributed by atoms with van der Waals surface area (Å²) in [5, 5.41) is 0. The van der Waals surface area contributed by atoms with Crippen molar-refractivity contribution in [1.29, 1.82) is 0 Å². The minimum absolute atomic E-state index is 0.242. The summed E-state index contributed by atoms with van der Waals surface area (Å²) in [4.78, 5) is 24.6. The Morgan fingerprint density at radius 1 is 1.39 bits per heavy atom. The Morgan fingerprint density at radius 2 is 2.06 bits per heavy atom. The number of hydrogen-bond donors (Lipinski definition) is 1. The molecule has 5 nitrogen and oxygen atoms in total. The molecule has 0 spiro atoms. The molecule has 0 aliphatic rings. The van der Waals surface area contributed by atoms with Crippen LogP contribution in [0.3, 0.4) is 0 Å². The van der Waals surface area contributed by atoms with Gasteiger partial charge in [-0.15, -0.1) is 0 Å². The molecule has 1 aromatic carbocycles. The van der Waals surface area contributed by atoms with Crippen LogP contribution in [0.15, 0.2) is 22.7 Å². The van der Waals surface area contributed by atoms with E-state index in [9.17, 15) is 9.59 Å². The van der Waals surface area contributed by atoms with Crippen molar-refractivity contribution < 1.29 is 14.3 Å². The fourth-order valence-electron chi connectivity index (χ4n) is 1.23. The zero-order valence-corrected chi connectivity index (χ0v) is 11.9. The summed E-state index contributed by atoms with van der Waals surface area (Å²) >= 11 is 3.23. The SMILES string of the molecule is CCN(C)C(=O)COC(=O)c1cc(N)cc(Br)c1. The van der Waals surface area contributed by atoms with Crippen LogP contribution in [0.5, 0.6) is 0 Å². The molecular weight excluding hydrogens is 300 g/mol. The van der Waals surface area contributed by atoms with E-state index in [1.54, 1.807) is 19.2 Å². The van der Waals surface area contributed by atoms with Crippen molar-refractivity contribution >= 4 is 33.5 Å². The zero-order valence-electron chi connectivity index (χ0n) is 10.3. The second-order valence-corrected chi connectivity index (χ2v) is 4.67. The second kappa shape index (κ2) is 6.39. The number of nitrogens with two attached hydrogens (primary N) is 1. The van der Waals surface area contributed by atoms with E-state index in [-0.39, 0.29) is 12.5 Å². The summed E-state index contributed by atoms with van der Waals surface area (Å²) < 4.78 is 5.60. The number of nitrogen functional groups attached to an aromatic ring is 1. The Morgan fingerprint density at radius 3 is 2.61 bits per heavy atom. The molecular formula is C12H15BrN2O3. The average molecular weight is 315 g/mol. The first-order valence-electron chi connectivity index (χ1n) is 5.41. The Hall–Kier alpha value is -1.56. The first kappa shape index (κ1) is 14.5. The van der Waals surface area contributed by atoms with E-state index >= 15 is 0 Å². The number of anilines is 1. The molecule has 0 heterocycles. The summed E-state index contributed by atoms with van der Waals surface area (Å²) in [5.74, 6) is -0.810. The molecule has 2 N–H and O–H groups in total. The maximum atomic E-state index is 11.7. The topological polar surface area (TPSA) is 72.6 Å². The molecule has 0 bridgehead atoms.